The fourth-order valence-corrected chi connectivity index (χ4v) is 2.24. The van der Waals surface area contributed by atoms with E-state index in [9.17, 15) is 0 Å². The number of aromatic nitrogens is 4. The first-order valence-electron chi connectivity index (χ1n) is 6.18. The summed E-state index contributed by atoms with van der Waals surface area (Å²) in [6.45, 7) is 4.03. The molecule has 5 nitrogen and oxygen atoms in total. The summed E-state index contributed by atoms with van der Waals surface area (Å²) in [5, 5.41) is 0. The lowest BCUT2D eigenvalue weighted by Crippen LogP contribution is -2.11. The number of fused-ring (bicyclic) bond motifs is 1. The number of nitrogens with two attached hydrogens (primary N) is 1. The fourth-order valence-electron chi connectivity index (χ4n) is 2.24. The van der Waals surface area contributed by atoms with E-state index in [0.717, 1.165) is 22.4 Å². The van der Waals surface area contributed by atoms with Gasteiger partial charge in [0, 0.05) is 18.1 Å². The minimum absolute atomic E-state index is 0.0491. The Morgan fingerprint density at radius 1 is 1.21 bits per heavy atom. The zero-order chi connectivity index (χ0) is 13.4. The lowest BCUT2D eigenvalue weighted by molar-refractivity contribution is 0.659. The van der Waals surface area contributed by atoms with Crippen molar-refractivity contribution in [2.45, 2.75) is 19.9 Å². The molecule has 3 aromatic rings. The standard InChI is InChI=1S/C14H15N5/c1-9-5-6-12-13(17-9)19(14(15)18-12)10(2)11-4-3-7-16-8-11/h3-8,10H,1-2H3,(H2,15,18). The number of anilines is 1. The summed E-state index contributed by atoms with van der Waals surface area (Å²) < 4.78 is 1.94. The molecular weight excluding hydrogens is 238 g/mol. The number of pyridine rings is 2. The van der Waals surface area contributed by atoms with E-state index in [1.165, 1.54) is 0 Å². The third-order valence-corrected chi connectivity index (χ3v) is 3.26. The van der Waals surface area contributed by atoms with Crippen LogP contribution in [-0.4, -0.2) is 19.5 Å². The number of aryl methyl sites for hydroxylation is 1. The van der Waals surface area contributed by atoms with Gasteiger partial charge in [0.15, 0.2) is 5.65 Å². The molecule has 0 bridgehead atoms. The molecular formula is C14H15N5. The molecule has 0 saturated carbocycles. The van der Waals surface area contributed by atoms with Gasteiger partial charge in [-0.2, -0.15) is 0 Å². The number of nitrogens with zero attached hydrogens (tertiary/aromatic N) is 4. The lowest BCUT2D eigenvalue weighted by Gasteiger charge is -2.15. The maximum atomic E-state index is 6.03. The van der Waals surface area contributed by atoms with Crippen LogP contribution in [0.4, 0.5) is 5.95 Å². The van der Waals surface area contributed by atoms with E-state index in [1.807, 2.05) is 42.0 Å². The van der Waals surface area contributed by atoms with Crippen LogP contribution in [0.3, 0.4) is 0 Å². The second-order valence-corrected chi connectivity index (χ2v) is 4.60. The van der Waals surface area contributed by atoms with Gasteiger partial charge >= 0.3 is 0 Å². The first kappa shape index (κ1) is 11.6. The van der Waals surface area contributed by atoms with Gasteiger partial charge in [0.05, 0.1) is 6.04 Å². The summed E-state index contributed by atoms with van der Waals surface area (Å²) in [5.74, 6) is 0.476. The van der Waals surface area contributed by atoms with Gasteiger partial charge in [-0.1, -0.05) is 6.07 Å². The first-order chi connectivity index (χ1) is 9.16. The van der Waals surface area contributed by atoms with Crippen LogP contribution in [0.1, 0.15) is 24.2 Å². The van der Waals surface area contributed by atoms with Gasteiger partial charge in [-0.15, -0.1) is 0 Å². The Balaban J connectivity index is 2.19. The number of nitrogen functional groups attached to an aromatic ring is 1. The van der Waals surface area contributed by atoms with Crippen LogP contribution in [0.25, 0.3) is 11.2 Å². The van der Waals surface area contributed by atoms with Crippen molar-refractivity contribution >= 4 is 17.1 Å². The van der Waals surface area contributed by atoms with E-state index in [2.05, 4.69) is 21.9 Å². The Hall–Kier alpha value is -2.43. The van der Waals surface area contributed by atoms with Crippen LogP contribution in [-0.2, 0) is 0 Å². The molecule has 3 aromatic heterocycles. The minimum Gasteiger partial charge on any atom is -0.369 e. The van der Waals surface area contributed by atoms with Crippen molar-refractivity contribution < 1.29 is 0 Å². The van der Waals surface area contributed by atoms with Crippen LogP contribution >= 0.6 is 0 Å². The minimum atomic E-state index is 0.0491. The zero-order valence-corrected chi connectivity index (χ0v) is 10.9. The third-order valence-electron chi connectivity index (χ3n) is 3.26. The van der Waals surface area contributed by atoms with Crippen molar-refractivity contribution in [1.82, 2.24) is 19.5 Å². The SMILES string of the molecule is Cc1ccc2nc(N)n(C(C)c3cccnc3)c2n1. The maximum absolute atomic E-state index is 6.03. The first-order valence-corrected chi connectivity index (χ1v) is 6.18. The Labute approximate surface area is 111 Å². The highest BCUT2D eigenvalue weighted by molar-refractivity contribution is 5.74. The summed E-state index contributed by atoms with van der Waals surface area (Å²) in [4.78, 5) is 13.0. The van der Waals surface area contributed by atoms with Crippen molar-refractivity contribution in [2.24, 2.45) is 0 Å². The van der Waals surface area contributed by atoms with E-state index in [4.69, 9.17) is 5.73 Å². The normalized spacial score (nSPS) is 12.7. The molecule has 3 heterocycles. The molecule has 0 aliphatic heterocycles. The lowest BCUT2D eigenvalue weighted by atomic mass is 10.1. The van der Waals surface area contributed by atoms with E-state index in [-0.39, 0.29) is 6.04 Å². The molecule has 0 fully saturated rings. The molecule has 0 aliphatic rings. The van der Waals surface area contributed by atoms with Gasteiger partial charge in [-0.05, 0) is 37.6 Å². The van der Waals surface area contributed by atoms with Crippen molar-refractivity contribution in [3.05, 3.63) is 47.9 Å². The molecule has 5 heteroatoms. The molecule has 19 heavy (non-hydrogen) atoms. The third kappa shape index (κ3) is 1.93. The van der Waals surface area contributed by atoms with Gasteiger partial charge in [-0.25, -0.2) is 9.97 Å². The number of imidazole rings is 1. The van der Waals surface area contributed by atoms with Gasteiger partial charge in [0.25, 0.3) is 0 Å². The van der Waals surface area contributed by atoms with Crippen molar-refractivity contribution in [3.63, 3.8) is 0 Å². The predicted octanol–water partition coefficient (Wildman–Crippen LogP) is 2.33. The topological polar surface area (TPSA) is 69.6 Å². The van der Waals surface area contributed by atoms with E-state index in [0.29, 0.717) is 5.95 Å². The molecule has 96 valence electrons. The Morgan fingerprint density at radius 3 is 2.79 bits per heavy atom. The van der Waals surface area contributed by atoms with Gasteiger partial charge in [-0.3, -0.25) is 9.55 Å². The van der Waals surface area contributed by atoms with Gasteiger partial charge in [0.2, 0.25) is 5.95 Å². The average Bonchev–Trinajstić information content (AvgIpc) is 2.74. The van der Waals surface area contributed by atoms with Crippen molar-refractivity contribution in [3.8, 4) is 0 Å². The summed E-state index contributed by atoms with van der Waals surface area (Å²) in [7, 11) is 0. The largest absolute Gasteiger partial charge is 0.369 e. The van der Waals surface area contributed by atoms with Crippen LogP contribution in [0.2, 0.25) is 0 Å². The van der Waals surface area contributed by atoms with E-state index >= 15 is 0 Å². The number of rotatable bonds is 2. The molecule has 0 saturated heterocycles. The number of hydrogen-bond donors (Lipinski definition) is 1. The second kappa shape index (κ2) is 4.35. The van der Waals surface area contributed by atoms with Crippen molar-refractivity contribution in [2.75, 3.05) is 5.73 Å². The zero-order valence-electron chi connectivity index (χ0n) is 10.9. The second-order valence-electron chi connectivity index (χ2n) is 4.60. The van der Waals surface area contributed by atoms with Crippen molar-refractivity contribution in [1.29, 1.82) is 0 Å². The molecule has 0 aliphatic carbocycles. The molecule has 1 unspecified atom stereocenters. The van der Waals surface area contributed by atoms with Crippen LogP contribution in [0, 0.1) is 6.92 Å². The summed E-state index contributed by atoms with van der Waals surface area (Å²) in [6.07, 6.45) is 3.60. The van der Waals surface area contributed by atoms with Crippen LogP contribution in [0.5, 0.6) is 0 Å². The van der Waals surface area contributed by atoms with Crippen LogP contribution < -0.4 is 5.73 Å². The fraction of sp³-hybridized carbons (Fsp3) is 0.214. The molecule has 3 rings (SSSR count). The monoisotopic (exact) mass is 253 g/mol. The van der Waals surface area contributed by atoms with Gasteiger partial charge < -0.3 is 5.73 Å². The van der Waals surface area contributed by atoms with Gasteiger partial charge in [0.1, 0.15) is 5.52 Å². The van der Waals surface area contributed by atoms with Crippen LogP contribution in [0.15, 0.2) is 36.7 Å². The highest BCUT2D eigenvalue weighted by atomic mass is 15.2. The molecule has 0 amide bonds. The summed E-state index contributed by atoms with van der Waals surface area (Å²) >= 11 is 0. The molecule has 0 spiro atoms. The van der Waals surface area contributed by atoms with E-state index in [1.54, 1.807) is 6.20 Å². The maximum Gasteiger partial charge on any atom is 0.203 e. The molecule has 1 atom stereocenters. The Morgan fingerprint density at radius 2 is 2.05 bits per heavy atom. The molecule has 2 N–H and O–H groups in total. The smallest absolute Gasteiger partial charge is 0.203 e. The average molecular weight is 253 g/mol. The highest BCUT2D eigenvalue weighted by Crippen LogP contribution is 2.25. The molecule has 0 radical (unpaired) electrons. The quantitative estimate of drug-likeness (QED) is 0.761. The summed E-state index contributed by atoms with van der Waals surface area (Å²) in [6, 6.07) is 7.88. The molecule has 0 aromatic carbocycles. The summed E-state index contributed by atoms with van der Waals surface area (Å²) in [5.41, 5.74) is 9.70. The Kier molecular flexibility index (Phi) is 2.67. The predicted molar refractivity (Wildman–Crippen MR) is 74.7 cm³/mol. The highest BCUT2D eigenvalue weighted by Gasteiger charge is 2.16. The van der Waals surface area contributed by atoms with E-state index < -0.39 is 0 Å². The number of hydrogen-bond acceptors (Lipinski definition) is 4. The Bertz CT molecular complexity index is 717.